The topological polar surface area (TPSA) is 47.3 Å². The van der Waals surface area contributed by atoms with Gasteiger partial charge in [-0.3, -0.25) is 0 Å². The van der Waals surface area contributed by atoms with E-state index in [0.717, 1.165) is 35.1 Å². The number of likely N-dealkylation sites (N-methyl/N-ethyl adjacent to an activating group) is 1. The van der Waals surface area contributed by atoms with Crippen molar-refractivity contribution >= 4 is 28.1 Å². The molecule has 0 aromatic heterocycles. The van der Waals surface area contributed by atoms with E-state index in [1.165, 1.54) is 0 Å². The molecule has 0 spiro atoms. The quantitative estimate of drug-likeness (QED) is 0.859. The molecule has 0 bridgehead atoms. The van der Waals surface area contributed by atoms with E-state index in [1.807, 2.05) is 6.07 Å². The van der Waals surface area contributed by atoms with Crippen molar-refractivity contribution in [1.82, 2.24) is 0 Å². The summed E-state index contributed by atoms with van der Waals surface area (Å²) in [7, 11) is 0. The Morgan fingerprint density at radius 2 is 2.30 bits per heavy atom. The van der Waals surface area contributed by atoms with Crippen LogP contribution in [-0.4, -0.2) is 24.1 Å². The minimum Gasteiger partial charge on any atom is -0.507 e. The summed E-state index contributed by atoms with van der Waals surface area (Å²) in [6, 6.07) is 9.48. The fourth-order valence-corrected chi connectivity index (χ4v) is 3.37. The Kier molecular flexibility index (Phi) is 3.19. The van der Waals surface area contributed by atoms with Gasteiger partial charge < -0.3 is 10.0 Å². The number of nitriles is 1. The van der Waals surface area contributed by atoms with Crippen molar-refractivity contribution in [1.29, 1.82) is 5.26 Å². The maximum Gasteiger partial charge on any atom is 0.125 e. The Hall–Kier alpha value is -1.92. The minimum atomic E-state index is 0.198. The van der Waals surface area contributed by atoms with Gasteiger partial charge in [0.2, 0.25) is 0 Å². The Balaban J connectivity index is 2.43. The van der Waals surface area contributed by atoms with Crippen LogP contribution < -0.4 is 4.90 Å². The van der Waals surface area contributed by atoms with Crippen LogP contribution in [0.1, 0.15) is 24.0 Å². The first-order valence-corrected chi connectivity index (χ1v) is 7.24. The number of benzene rings is 2. The fourth-order valence-electron chi connectivity index (χ4n) is 3.12. The van der Waals surface area contributed by atoms with E-state index in [2.05, 4.69) is 17.9 Å². The molecular weight excluding hydrogens is 272 g/mol. The molecule has 2 aromatic rings. The number of aromatic hydroxyl groups is 1. The summed E-state index contributed by atoms with van der Waals surface area (Å²) in [6.45, 7) is 3.78. The highest BCUT2D eigenvalue weighted by atomic mass is 35.5. The largest absolute Gasteiger partial charge is 0.507 e. The molecule has 2 aromatic carbocycles. The lowest BCUT2D eigenvalue weighted by Gasteiger charge is -2.17. The fraction of sp³-hybridized carbons (Fsp3) is 0.312. The number of fused-ring (bicyclic) bond motifs is 3. The van der Waals surface area contributed by atoms with Crippen LogP contribution >= 0.6 is 11.6 Å². The predicted molar refractivity (Wildman–Crippen MR) is 81.7 cm³/mol. The number of halogens is 1. The first kappa shape index (κ1) is 13.1. The Bertz CT molecular complexity index is 720. The molecule has 3 rings (SSSR count). The molecule has 0 saturated carbocycles. The van der Waals surface area contributed by atoms with E-state index in [4.69, 9.17) is 11.6 Å². The van der Waals surface area contributed by atoms with Crippen molar-refractivity contribution < 1.29 is 5.11 Å². The molecule has 4 heteroatoms. The molecule has 0 saturated heterocycles. The van der Waals surface area contributed by atoms with Crippen LogP contribution in [0.5, 0.6) is 5.75 Å². The standard InChI is InChI=1S/C16H15ClN2O/c1-2-19-9-11(7-17)16-13(19)6-14(20)12-5-3-4-10(8-18)15(12)16/h3-6,11,20H,2,7,9H2,1H3/t11-/m1/s1. The van der Waals surface area contributed by atoms with Crippen LogP contribution in [0.25, 0.3) is 10.8 Å². The Morgan fingerprint density at radius 1 is 1.50 bits per heavy atom. The summed E-state index contributed by atoms with van der Waals surface area (Å²) in [5.74, 6) is 0.942. The molecule has 0 radical (unpaired) electrons. The second-order valence-electron chi connectivity index (χ2n) is 5.06. The molecule has 1 heterocycles. The van der Waals surface area contributed by atoms with Crippen LogP contribution in [0.15, 0.2) is 24.3 Å². The zero-order valence-electron chi connectivity index (χ0n) is 11.2. The number of hydrogen-bond acceptors (Lipinski definition) is 3. The number of rotatable bonds is 2. The Labute approximate surface area is 123 Å². The Morgan fingerprint density at radius 3 is 2.95 bits per heavy atom. The van der Waals surface area contributed by atoms with Gasteiger partial charge in [-0.25, -0.2) is 0 Å². The predicted octanol–water partition coefficient (Wildman–Crippen LogP) is 3.58. The van der Waals surface area contributed by atoms with E-state index in [9.17, 15) is 10.4 Å². The number of phenols is 1. The molecule has 20 heavy (non-hydrogen) atoms. The first-order valence-electron chi connectivity index (χ1n) is 6.70. The van der Waals surface area contributed by atoms with Gasteiger partial charge in [-0.05, 0) is 18.6 Å². The molecule has 0 aliphatic carbocycles. The molecular formula is C16H15ClN2O. The summed E-state index contributed by atoms with van der Waals surface area (Å²) >= 11 is 6.12. The molecule has 1 N–H and O–H groups in total. The third-order valence-corrected chi connectivity index (χ3v) is 4.41. The summed E-state index contributed by atoms with van der Waals surface area (Å²) in [5.41, 5.74) is 2.71. The highest BCUT2D eigenvalue weighted by molar-refractivity contribution is 6.19. The molecule has 0 amide bonds. The van der Waals surface area contributed by atoms with Gasteiger partial charge in [0, 0.05) is 47.4 Å². The maximum atomic E-state index is 10.3. The normalized spacial score (nSPS) is 17.2. The van der Waals surface area contributed by atoms with Gasteiger partial charge in [0.15, 0.2) is 0 Å². The van der Waals surface area contributed by atoms with Crippen LogP contribution in [-0.2, 0) is 0 Å². The van der Waals surface area contributed by atoms with Crippen molar-refractivity contribution in [3.8, 4) is 11.8 Å². The lowest BCUT2D eigenvalue weighted by molar-refractivity contribution is 0.481. The van der Waals surface area contributed by atoms with Gasteiger partial charge in [-0.1, -0.05) is 12.1 Å². The molecule has 3 nitrogen and oxygen atoms in total. The minimum absolute atomic E-state index is 0.198. The SMILES string of the molecule is CCN1C[C@@H](CCl)c2c1cc(O)c1cccc(C#N)c21. The number of hydrogen-bond donors (Lipinski definition) is 1. The number of alkyl halides is 1. The van der Waals surface area contributed by atoms with E-state index >= 15 is 0 Å². The van der Waals surface area contributed by atoms with Gasteiger partial charge >= 0.3 is 0 Å². The third kappa shape index (κ3) is 1.72. The van der Waals surface area contributed by atoms with Crippen LogP contribution in [0.3, 0.4) is 0 Å². The highest BCUT2D eigenvalue weighted by Gasteiger charge is 2.31. The smallest absolute Gasteiger partial charge is 0.125 e. The van der Waals surface area contributed by atoms with Crippen LogP contribution in [0, 0.1) is 11.3 Å². The van der Waals surface area contributed by atoms with Gasteiger partial charge in [-0.2, -0.15) is 5.26 Å². The van der Waals surface area contributed by atoms with E-state index in [0.29, 0.717) is 11.4 Å². The lowest BCUT2D eigenvalue weighted by atomic mass is 9.92. The second-order valence-corrected chi connectivity index (χ2v) is 5.37. The van der Waals surface area contributed by atoms with Gasteiger partial charge in [0.25, 0.3) is 0 Å². The molecule has 1 aliphatic rings. The van der Waals surface area contributed by atoms with Crippen molar-refractivity contribution in [2.75, 3.05) is 23.9 Å². The lowest BCUT2D eigenvalue weighted by Crippen LogP contribution is -2.21. The van der Waals surface area contributed by atoms with Crippen LogP contribution in [0.2, 0.25) is 0 Å². The summed E-state index contributed by atoms with van der Waals surface area (Å²) in [4.78, 5) is 2.20. The molecule has 0 fully saturated rings. The summed E-state index contributed by atoms with van der Waals surface area (Å²) in [5, 5.41) is 21.2. The van der Waals surface area contributed by atoms with Gasteiger partial charge in [0.1, 0.15) is 5.75 Å². The van der Waals surface area contributed by atoms with Crippen molar-refractivity contribution in [2.45, 2.75) is 12.8 Å². The number of nitrogens with zero attached hydrogens (tertiary/aromatic N) is 2. The maximum absolute atomic E-state index is 10.3. The summed E-state index contributed by atoms with van der Waals surface area (Å²) < 4.78 is 0. The number of anilines is 1. The monoisotopic (exact) mass is 286 g/mol. The van der Waals surface area contributed by atoms with E-state index < -0.39 is 0 Å². The average molecular weight is 287 g/mol. The van der Waals surface area contributed by atoms with E-state index in [1.54, 1.807) is 18.2 Å². The first-order chi connectivity index (χ1) is 9.71. The molecule has 102 valence electrons. The second kappa shape index (κ2) is 4.88. The van der Waals surface area contributed by atoms with E-state index in [-0.39, 0.29) is 11.7 Å². The molecule has 1 atom stereocenters. The third-order valence-electron chi connectivity index (χ3n) is 4.04. The molecule has 0 unspecified atom stereocenters. The van der Waals surface area contributed by atoms with Crippen molar-refractivity contribution in [2.24, 2.45) is 0 Å². The zero-order valence-corrected chi connectivity index (χ0v) is 12.0. The van der Waals surface area contributed by atoms with Crippen molar-refractivity contribution in [3.63, 3.8) is 0 Å². The van der Waals surface area contributed by atoms with Gasteiger partial charge in [-0.15, -0.1) is 11.6 Å². The molecule has 1 aliphatic heterocycles. The van der Waals surface area contributed by atoms with Crippen molar-refractivity contribution in [3.05, 3.63) is 35.4 Å². The zero-order chi connectivity index (χ0) is 14.3. The number of phenolic OH excluding ortho intramolecular Hbond substituents is 1. The highest BCUT2D eigenvalue weighted by Crippen LogP contribution is 2.45. The average Bonchev–Trinajstić information content (AvgIpc) is 2.84. The summed E-state index contributed by atoms with van der Waals surface area (Å²) in [6.07, 6.45) is 0. The van der Waals surface area contributed by atoms with Crippen LogP contribution in [0.4, 0.5) is 5.69 Å². The van der Waals surface area contributed by atoms with Gasteiger partial charge in [0.05, 0.1) is 11.6 Å².